The molecule has 1 aliphatic heterocycles. The van der Waals surface area contributed by atoms with Crippen LogP contribution in [0.2, 0.25) is 0 Å². The van der Waals surface area contributed by atoms with E-state index in [9.17, 15) is 4.79 Å². The van der Waals surface area contributed by atoms with E-state index in [-0.39, 0.29) is 11.9 Å². The van der Waals surface area contributed by atoms with Crippen LogP contribution in [0.15, 0.2) is 30.5 Å². The summed E-state index contributed by atoms with van der Waals surface area (Å²) in [5, 5.41) is 3.00. The van der Waals surface area contributed by atoms with Crippen LogP contribution in [0.4, 0.5) is 0 Å². The highest BCUT2D eigenvalue weighted by Gasteiger charge is 2.18. The summed E-state index contributed by atoms with van der Waals surface area (Å²) in [5.74, 6) is 1.71. The van der Waals surface area contributed by atoms with Gasteiger partial charge >= 0.3 is 0 Å². The van der Waals surface area contributed by atoms with E-state index in [2.05, 4.69) is 14.9 Å². The van der Waals surface area contributed by atoms with Crippen LogP contribution in [0.3, 0.4) is 0 Å². The van der Waals surface area contributed by atoms with E-state index in [0.29, 0.717) is 5.69 Å². The lowest BCUT2D eigenvalue weighted by Crippen LogP contribution is -2.26. The molecule has 5 heteroatoms. The van der Waals surface area contributed by atoms with Crippen molar-refractivity contribution in [1.82, 2.24) is 14.9 Å². The second kappa shape index (κ2) is 6.22. The quantitative estimate of drug-likeness (QED) is 0.944. The Hall–Kier alpha value is -2.30. The molecule has 1 amide bonds. The van der Waals surface area contributed by atoms with Gasteiger partial charge in [0.2, 0.25) is 0 Å². The van der Waals surface area contributed by atoms with Crippen LogP contribution in [-0.4, -0.2) is 22.6 Å². The summed E-state index contributed by atoms with van der Waals surface area (Å²) in [5.41, 5.74) is 1.55. The van der Waals surface area contributed by atoms with Crippen LogP contribution >= 0.6 is 0 Å². The maximum Gasteiger partial charge on any atom is 0.271 e. The first-order valence-corrected chi connectivity index (χ1v) is 7.68. The predicted octanol–water partition coefficient (Wildman–Crippen LogP) is 2.72. The first-order valence-electron chi connectivity index (χ1n) is 7.68. The third kappa shape index (κ3) is 2.98. The summed E-state index contributed by atoms with van der Waals surface area (Å²) < 4.78 is 7.24. The number of aryl methyl sites for hydroxylation is 2. The van der Waals surface area contributed by atoms with E-state index in [1.807, 2.05) is 37.4 Å². The number of carbonyl (C=O) groups is 1. The van der Waals surface area contributed by atoms with Gasteiger partial charge < -0.3 is 14.6 Å². The molecular formula is C17H21N3O2. The summed E-state index contributed by atoms with van der Waals surface area (Å²) in [6.45, 7) is 2.93. The highest BCUT2D eigenvalue weighted by Crippen LogP contribution is 2.18. The molecule has 0 radical (unpaired) electrons. The Labute approximate surface area is 130 Å². The van der Waals surface area contributed by atoms with E-state index < -0.39 is 0 Å². The van der Waals surface area contributed by atoms with Crippen molar-refractivity contribution in [3.05, 3.63) is 47.5 Å². The second-order valence-corrected chi connectivity index (χ2v) is 5.66. The SMILES string of the molecule is COc1ccc(C(C)NC(=O)c2cn3c(n2)CCCC3)cc1. The highest BCUT2D eigenvalue weighted by molar-refractivity contribution is 5.92. The number of amides is 1. The fraction of sp³-hybridized carbons (Fsp3) is 0.412. The first-order chi connectivity index (χ1) is 10.7. The Bertz CT molecular complexity index is 638. The third-order valence-electron chi connectivity index (χ3n) is 4.10. The Balaban J connectivity index is 1.68. The number of nitrogens with one attached hydrogen (secondary N) is 1. The van der Waals surface area contributed by atoms with Crippen LogP contribution < -0.4 is 10.1 Å². The van der Waals surface area contributed by atoms with Crippen LogP contribution in [0.1, 0.15) is 47.7 Å². The largest absolute Gasteiger partial charge is 0.497 e. The number of hydrogen-bond donors (Lipinski definition) is 1. The van der Waals surface area contributed by atoms with Gasteiger partial charge in [0, 0.05) is 19.2 Å². The number of aromatic nitrogens is 2. The van der Waals surface area contributed by atoms with Crippen molar-refractivity contribution in [2.24, 2.45) is 0 Å². The van der Waals surface area contributed by atoms with Gasteiger partial charge in [-0.05, 0) is 37.5 Å². The molecule has 22 heavy (non-hydrogen) atoms. The normalized spacial score (nSPS) is 15.0. The molecule has 1 aliphatic rings. The zero-order valence-corrected chi connectivity index (χ0v) is 13.0. The summed E-state index contributed by atoms with van der Waals surface area (Å²) in [6, 6.07) is 7.64. The van der Waals surface area contributed by atoms with Gasteiger partial charge in [0.25, 0.3) is 5.91 Å². The summed E-state index contributed by atoms with van der Waals surface area (Å²) >= 11 is 0. The number of methoxy groups -OCH3 is 1. The molecule has 0 fully saturated rings. The van der Waals surface area contributed by atoms with E-state index in [1.165, 1.54) is 0 Å². The van der Waals surface area contributed by atoms with Gasteiger partial charge in [0.05, 0.1) is 13.2 Å². The van der Waals surface area contributed by atoms with Gasteiger partial charge in [-0.25, -0.2) is 4.98 Å². The molecule has 0 spiro atoms. The van der Waals surface area contributed by atoms with Crippen molar-refractivity contribution >= 4 is 5.91 Å². The molecule has 1 unspecified atom stereocenters. The number of rotatable bonds is 4. The molecule has 1 atom stereocenters. The molecule has 1 aromatic heterocycles. The number of benzene rings is 1. The molecule has 3 rings (SSSR count). The zero-order chi connectivity index (χ0) is 15.5. The standard InChI is InChI=1S/C17H21N3O2/c1-12(13-6-8-14(22-2)9-7-13)18-17(21)15-11-20-10-4-3-5-16(20)19-15/h6-9,11-12H,3-5,10H2,1-2H3,(H,18,21). The number of hydrogen-bond acceptors (Lipinski definition) is 3. The summed E-state index contributed by atoms with van der Waals surface area (Å²) in [7, 11) is 1.64. The molecule has 116 valence electrons. The molecule has 1 N–H and O–H groups in total. The molecule has 5 nitrogen and oxygen atoms in total. The average Bonchev–Trinajstić information content (AvgIpc) is 2.99. The first kappa shape index (κ1) is 14.6. The third-order valence-corrected chi connectivity index (χ3v) is 4.10. The van der Waals surface area contributed by atoms with Gasteiger partial charge in [-0.1, -0.05) is 12.1 Å². The van der Waals surface area contributed by atoms with Gasteiger partial charge in [0.15, 0.2) is 0 Å². The highest BCUT2D eigenvalue weighted by atomic mass is 16.5. The van der Waals surface area contributed by atoms with Gasteiger partial charge in [-0.2, -0.15) is 0 Å². The topological polar surface area (TPSA) is 56.1 Å². The molecular weight excluding hydrogens is 278 g/mol. The Kier molecular flexibility index (Phi) is 4.13. The lowest BCUT2D eigenvalue weighted by Gasteiger charge is -2.13. The van der Waals surface area contributed by atoms with Crippen LogP contribution in [0.25, 0.3) is 0 Å². The Morgan fingerprint density at radius 1 is 1.32 bits per heavy atom. The minimum absolute atomic E-state index is 0.0721. The maximum absolute atomic E-state index is 12.4. The van der Waals surface area contributed by atoms with Crippen LogP contribution in [-0.2, 0) is 13.0 Å². The molecule has 0 saturated carbocycles. The van der Waals surface area contributed by atoms with Crippen LogP contribution in [0, 0.1) is 0 Å². The van der Waals surface area contributed by atoms with E-state index in [1.54, 1.807) is 7.11 Å². The minimum Gasteiger partial charge on any atom is -0.497 e. The zero-order valence-electron chi connectivity index (χ0n) is 13.0. The van der Waals surface area contributed by atoms with Crippen LogP contribution in [0.5, 0.6) is 5.75 Å². The smallest absolute Gasteiger partial charge is 0.271 e. The molecule has 2 heterocycles. The molecule has 1 aromatic carbocycles. The second-order valence-electron chi connectivity index (χ2n) is 5.66. The van der Waals surface area contributed by atoms with Crippen molar-refractivity contribution < 1.29 is 9.53 Å². The lowest BCUT2D eigenvalue weighted by atomic mass is 10.1. The van der Waals surface area contributed by atoms with Gasteiger partial charge in [-0.3, -0.25) is 4.79 Å². The summed E-state index contributed by atoms with van der Waals surface area (Å²) in [4.78, 5) is 16.8. The summed E-state index contributed by atoms with van der Waals surface area (Å²) in [6.07, 6.45) is 5.14. The monoisotopic (exact) mass is 299 g/mol. The number of ether oxygens (including phenoxy) is 1. The molecule has 0 bridgehead atoms. The van der Waals surface area contributed by atoms with Crippen molar-refractivity contribution in [2.75, 3.05) is 7.11 Å². The average molecular weight is 299 g/mol. The lowest BCUT2D eigenvalue weighted by molar-refractivity contribution is 0.0935. The number of carbonyl (C=O) groups excluding carboxylic acids is 1. The van der Waals surface area contributed by atoms with Gasteiger partial charge in [-0.15, -0.1) is 0 Å². The molecule has 0 aliphatic carbocycles. The molecule has 0 saturated heterocycles. The fourth-order valence-corrected chi connectivity index (χ4v) is 2.77. The number of fused-ring (bicyclic) bond motifs is 1. The van der Waals surface area contributed by atoms with Gasteiger partial charge in [0.1, 0.15) is 17.3 Å². The Morgan fingerprint density at radius 2 is 2.09 bits per heavy atom. The number of nitrogens with zero attached hydrogens (tertiary/aromatic N) is 2. The van der Waals surface area contributed by atoms with Crippen molar-refractivity contribution in [2.45, 2.75) is 38.8 Å². The van der Waals surface area contributed by atoms with E-state index in [0.717, 1.165) is 42.9 Å². The van der Waals surface area contributed by atoms with Crippen molar-refractivity contribution in [1.29, 1.82) is 0 Å². The predicted molar refractivity (Wildman–Crippen MR) is 84.0 cm³/mol. The Morgan fingerprint density at radius 3 is 2.77 bits per heavy atom. The van der Waals surface area contributed by atoms with Crippen molar-refractivity contribution in [3.8, 4) is 5.75 Å². The minimum atomic E-state index is -0.120. The fourth-order valence-electron chi connectivity index (χ4n) is 2.77. The number of imidazole rings is 1. The maximum atomic E-state index is 12.4. The van der Waals surface area contributed by atoms with E-state index >= 15 is 0 Å². The molecule has 2 aromatic rings. The van der Waals surface area contributed by atoms with E-state index in [4.69, 9.17) is 4.74 Å². The van der Waals surface area contributed by atoms with Crippen molar-refractivity contribution in [3.63, 3.8) is 0 Å².